The van der Waals surface area contributed by atoms with E-state index < -0.39 is 0 Å². The van der Waals surface area contributed by atoms with Crippen LogP contribution in [-0.4, -0.2) is 18.0 Å². The van der Waals surface area contributed by atoms with Gasteiger partial charge >= 0.3 is 0 Å². The quantitative estimate of drug-likeness (QED) is 0.555. The molecule has 0 amide bonds. The molecule has 0 N–H and O–H groups in total. The van der Waals surface area contributed by atoms with Gasteiger partial charge in [-0.2, -0.15) is 0 Å². The van der Waals surface area contributed by atoms with Gasteiger partial charge in [0.05, 0.1) is 12.2 Å². The lowest BCUT2D eigenvalue weighted by molar-refractivity contribution is -0.168. The van der Waals surface area contributed by atoms with Gasteiger partial charge in [0.2, 0.25) is 0 Å². The molecule has 0 aromatic heterocycles. The fourth-order valence-corrected chi connectivity index (χ4v) is 2.31. The van der Waals surface area contributed by atoms with Crippen molar-refractivity contribution in [3.63, 3.8) is 0 Å². The van der Waals surface area contributed by atoms with Gasteiger partial charge in [0, 0.05) is 12.8 Å². The first-order valence-corrected chi connectivity index (χ1v) is 4.97. The number of rotatable bonds is 0. The summed E-state index contributed by atoms with van der Waals surface area (Å²) in [4.78, 5) is 0. The third-order valence-electron chi connectivity index (χ3n) is 3.14. The Bertz CT molecular complexity index is 169. The summed E-state index contributed by atoms with van der Waals surface area (Å²) in [7, 11) is 0. The van der Waals surface area contributed by atoms with Crippen LogP contribution >= 0.6 is 0 Å². The third kappa shape index (κ3) is 1.27. The fraction of sp³-hybridized carbons (Fsp3) is 1.00. The summed E-state index contributed by atoms with van der Waals surface area (Å²) in [5, 5.41) is 0. The maximum absolute atomic E-state index is 5.87. The molecule has 1 aliphatic carbocycles. The van der Waals surface area contributed by atoms with Crippen molar-refractivity contribution in [1.29, 1.82) is 0 Å². The molecular formula is C10H18O2. The lowest BCUT2D eigenvalue weighted by Crippen LogP contribution is -2.26. The number of hydrogen-bond acceptors (Lipinski definition) is 2. The molecular weight excluding hydrogens is 152 g/mol. The molecule has 1 heterocycles. The molecule has 2 nitrogen and oxygen atoms in total. The third-order valence-corrected chi connectivity index (χ3v) is 3.14. The standard InChI is InChI=1S/C10H18O2/c1-7-4-5-10(6-7)11-8(2)9(3)12-10/h7-9H,4-6H2,1-3H3. The molecule has 1 spiro atoms. The molecule has 0 aromatic rings. The summed E-state index contributed by atoms with van der Waals surface area (Å²) in [6.07, 6.45) is 3.97. The van der Waals surface area contributed by atoms with Crippen molar-refractivity contribution in [3.05, 3.63) is 0 Å². The molecule has 2 fully saturated rings. The molecule has 2 rings (SSSR count). The van der Waals surface area contributed by atoms with Gasteiger partial charge in [0.1, 0.15) is 0 Å². The lowest BCUT2D eigenvalue weighted by Gasteiger charge is -2.22. The van der Waals surface area contributed by atoms with E-state index in [0.717, 1.165) is 18.8 Å². The molecule has 1 saturated carbocycles. The summed E-state index contributed by atoms with van der Waals surface area (Å²) in [6.45, 7) is 6.47. The molecule has 0 bridgehead atoms. The number of ether oxygens (including phenoxy) is 2. The van der Waals surface area contributed by atoms with E-state index in [4.69, 9.17) is 9.47 Å². The average molecular weight is 170 g/mol. The fourth-order valence-electron chi connectivity index (χ4n) is 2.31. The molecule has 0 aromatic carbocycles. The minimum atomic E-state index is -0.196. The largest absolute Gasteiger partial charge is 0.344 e. The topological polar surface area (TPSA) is 18.5 Å². The maximum Gasteiger partial charge on any atom is 0.169 e. The van der Waals surface area contributed by atoms with Gasteiger partial charge in [-0.3, -0.25) is 0 Å². The smallest absolute Gasteiger partial charge is 0.169 e. The van der Waals surface area contributed by atoms with Crippen LogP contribution in [0.4, 0.5) is 0 Å². The average Bonchev–Trinajstić information content (AvgIpc) is 2.42. The Morgan fingerprint density at radius 1 is 1.08 bits per heavy atom. The molecule has 2 heteroatoms. The van der Waals surface area contributed by atoms with Crippen molar-refractivity contribution in [2.24, 2.45) is 5.92 Å². The zero-order valence-corrected chi connectivity index (χ0v) is 8.17. The van der Waals surface area contributed by atoms with Crippen LogP contribution in [0.15, 0.2) is 0 Å². The van der Waals surface area contributed by atoms with Crippen molar-refractivity contribution in [2.45, 2.75) is 58.0 Å². The van der Waals surface area contributed by atoms with Gasteiger partial charge < -0.3 is 9.47 Å². The van der Waals surface area contributed by atoms with Crippen LogP contribution in [0.1, 0.15) is 40.0 Å². The number of hydrogen-bond donors (Lipinski definition) is 0. The molecule has 12 heavy (non-hydrogen) atoms. The summed E-state index contributed by atoms with van der Waals surface area (Å²) >= 11 is 0. The summed E-state index contributed by atoms with van der Waals surface area (Å²) < 4.78 is 11.7. The van der Waals surface area contributed by atoms with Gasteiger partial charge in [0.25, 0.3) is 0 Å². The molecule has 3 atom stereocenters. The zero-order chi connectivity index (χ0) is 8.77. The van der Waals surface area contributed by atoms with Gasteiger partial charge in [-0.1, -0.05) is 6.92 Å². The molecule has 2 aliphatic rings. The van der Waals surface area contributed by atoms with E-state index in [-0.39, 0.29) is 18.0 Å². The zero-order valence-electron chi connectivity index (χ0n) is 8.17. The van der Waals surface area contributed by atoms with E-state index in [2.05, 4.69) is 20.8 Å². The van der Waals surface area contributed by atoms with Crippen LogP contribution < -0.4 is 0 Å². The van der Waals surface area contributed by atoms with E-state index in [1.54, 1.807) is 0 Å². The van der Waals surface area contributed by atoms with Crippen LogP contribution in [-0.2, 0) is 9.47 Å². The predicted octanol–water partition coefficient (Wildman–Crippen LogP) is 2.33. The Balaban J connectivity index is 2.05. The van der Waals surface area contributed by atoms with Gasteiger partial charge in [-0.05, 0) is 26.2 Å². The second kappa shape index (κ2) is 2.71. The highest BCUT2D eigenvalue weighted by Crippen LogP contribution is 2.44. The van der Waals surface area contributed by atoms with Gasteiger partial charge in [-0.15, -0.1) is 0 Å². The van der Waals surface area contributed by atoms with Crippen molar-refractivity contribution < 1.29 is 9.47 Å². The Kier molecular flexibility index (Phi) is 1.92. The Hall–Kier alpha value is -0.0800. The van der Waals surface area contributed by atoms with E-state index in [1.807, 2.05) is 0 Å². The van der Waals surface area contributed by atoms with Crippen molar-refractivity contribution in [3.8, 4) is 0 Å². The molecule has 1 saturated heterocycles. The van der Waals surface area contributed by atoms with Crippen LogP contribution in [0.25, 0.3) is 0 Å². The van der Waals surface area contributed by atoms with Gasteiger partial charge in [0.15, 0.2) is 5.79 Å². The van der Waals surface area contributed by atoms with Crippen LogP contribution in [0.5, 0.6) is 0 Å². The van der Waals surface area contributed by atoms with E-state index in [1.165, 1.54) is 6.42 Å². The summed E-state index contributed by atoms with van der Waals surface area (Å²) in [6, 6.07) is 0. The Labute approximate surface area is 74.2 Å². The van der Waals surface area contributed by atoms with Crippen LogP contribution in [0.3, 0.4) is 0 Å². The van der Waals surface area contributed by atoms with Crippen molar-refractivity contribution in [2.75, 3.05) is 0 Å². The van der Waals surface area contributed by atoms with Crippen LogP contribution in [0, 0.1) is 5.92 Å². The second-order valence-electron chi connectivity index (χ2n) is 4.40. The van der Waals surface area contributed by atoms with Crippen molar-refractivity contribution in [1.82, 2.24) is 0 Å². The lowest BCUT2D eigenvalue weighted by atomic mass is 10.1. The monoisotopic (exact) mass is 170 g/mol. The highest BCUT2D eigenvalue weighted by Gasteiger charge is 2.47. The normalized spacial score (nSPS) is 53.8. The molecule has 1 aliphatic heterocycles. The Morgan fingerprint density at radius 2 is 1.67 bits per heavy atom. The molecule has 70 valence electrons. The minimum Gasteiger partial charge on any atom is -0.344 e. The van der Waals surface area contributed by atoms with Gasteiger partial charge in [-0.25, -0.2) is 0 Å². The SMILES string of the molecule is CC1CCC2(C1)OC(C)C(C)O2. The van der Waals surface area contributed by atoms with E-state index in [0.29, 0.717) is 0 Å². The van der Waals surface area contributed by atoms with E-state index >= 15 is 0 Å². The van der Waals surface area contributed by atoms with E-state index in [9.17, 15) is 0 Å². The highest BCUT2D eigenvalue weighted by atomic mass is 16.8. The molecule has 3 unspecified atom stereocenters. The summed E-state index contributed by atoms with van der Waals surface area (Å²) in [5.41, 5.74) is 0. The first-order chi connectivity index (χ1) is 5.61. The first kappa shape index (κ1) is 8.52. The first-order valence-electron chi connectivity index (χ1n) is 4.97. The van der Waals surface area contributed by atoms with Crippen molar-refractivity contribution >= 4 is 0 Å². The maximum atomic E-state index is 5.87. The second-order valence-corrected chi connectivity index (χ2v) is 4.40. The highest BCUT2D eigenvalue weighted by molar-refractivity contribution is 4.88. The van der Waals surface area contributed by atoms with Crippen LogP contribution in [0.2, 0.25) is 0 Å². The predicted molar refractivity (Wildman–Crippen MR) is 46.8 cm³/mol. The minimum absolute atomic E-state index is 0.196. The summed E-state index contributed by atoms with van der Waals surface area (Å²) in [5.74, 6) is 0.570. The Morgan fingerprint density at radius 3 is 2.08 bits per heavy atom. The molecule has 0 radical (unpaired) electrons.